The molecule has 18 heavy (non-hydrogen) atoms. The van der Waals surface area contributed by atoms with Crippen molar-refractivity contribution >= 4 is 0 Å². The summed E-state index contributed by atoms with van der Waals surface area (Å²) < 4.78 is 0. The molecule has 1 aliphatic heterocycles. The van der Waals surface area contributed by atoms with Crippen molar-refractivity contribution in [2.75, 3.05) is 19.6 Å². The Labute approximate surface area is 115 Å². The Balaban J connectivity index is 2.48. The van der Waals surface area contributed by atoms with E-state index >= 15 is 0 Å². The lowest BCUT2D eigenvalue weighted by Crippen LogP contribution is -2.48. The van der Waals surface area contributed by atoms with Crippen LogP contribution in [0, 0.1) is 5.92 Å². The fourth-order valence-electron chi connectivity index (χ4n) is 2.82. The van der Waals surface area contributed by atoms with Gasteiger partial charge < -0.3 is 5.32 Å². The zero-order valence-electron chi connectivity index (χ0n) is 13.3. The van der Waals surface area contributed by atoms with Crippen LogP contribution < -0.4 is 5.32 Å². The fourth-order valence-corrected chi connectivity index (χ4v) is 2.82. The Morgan fingerprint density at radius 2 is 1.94 bits per heavy atom. The number of likely N-dealkylation sites (tertiary alicyclic amines) is 1. The second-order valence-electron chi connectivity index (χ2n) is 7.15. The predicted molar refractivity (Wildman–Crippen MR) is 81.0 cm³/mol. The van der Waals surface area contributed by atoms with E-state index < -0.39 is 0 Å². The zero-order valence-corrected chi connectivity index (χ0v) is 13.3. The van der Waals surface area contributed by atoms with Gasteiger partial charge >= 0.3 is 0 Å². The van der Waals surface area contributed by atoms with Gasteiger partial charge in [-0.25, -0.2) is 0 Å². The van der Waals surface area contributed by atoms with Crippen LogP contribution in [0.4, 0.5) is 0 Å². The van der Waals surface area contributed by atoms with E-state index in [1.165, 1.54) is 45.2 Å². The number of nitrogens with one attached hydrogen (secondary N) is 1. The molecule has 2 unspecified atom stereocenters. The van der Waals surface area contributed by atoms with Crippen LogP contribution in [-0.4, -0.2) is 36.1 Å². The van der Waals surface area contributed by atoms with Gasteiger partial charge in [0.1, 0.15) is 0 Å². The highest BCUT2D eigenvalue weighted by Crippen LogP contribution is 2.19. The maximum Gasteiger partial charge on any atom is 0.0220 e. The van der Waals surface area contributed by atoms with Crippen LogP contribution in [0.1, 0.15) is 66.7 Å². The first-order valence-corrected chi connectivity index (χ1v) is 7.91. The maximum atomic E-state index is 3.69. The summed E-state index contributed by atoms with van der Waals surface area (Å²) in [5.74, 6) is 0.924. The molecule has 0 aromatic rings. The van der Waals surface area contributed by atoms with Crippen molar-refractivity contribution in [3.8, 4) is 0 Å². The maximum absolute atomic E-state index is 3.69. The Bertz CT molecular complexity index is 220. The second kappa shape index (κ2) is 7.49. The van der Waals surface area contributed by atoms with Crippen LogP contribution in [0.5, 0.6) is 0 Å². The van der Waals surface area contributed by atoms with Crippen molar-refractivity contribution in [2.24, 2.45) is 5.92 Å². The van der Waals surface area contributed by atoms with Gasteiger partial charge in [-0.15, -0.1) is 0 Å². The quantitative estimate of drug-likeness (QED) is 0.805. The minimum Gasteiger partial charge on any atom is -0.311 e. The Hall–Kier alpha value is -0.0800. The molecule has 2 atom stereocenters. The molecule has 2 heteroatoms. The summed E-state index contributed by atoms with van der Waals surface area (Å²) in [5, 5.41) is 3.69. The highest BCUT2D eigenvalue weighted by atomic mass is 15.2. The van der Waals surface area contributed by atoms with Crippen LogP contribution >= 0.6 is 0 Å². The predicted octanol–water partition coefficient (Wildman–Crippen LogP) is 3.67. The van der Waals surface area contributed by atoms with E-state index in [0.717, 1.165) is 18.5 Å². The van der Waals surface area contributed by atoms with Crippen molar-refractivity contribution in [2.45, 2.75) is 78.3 Å². The van der Waals surface area contributed by atoms with Gasteiger partial charge in [0.25, 0.3) is 0 Å². The van der Waals surface area contributed by atoms with Crippen LogP contribution in [0.3, 0.4) is 0 Å². The molecule has 1 heterocycles. The van der Waals surface area contributed by atoms with Gasteiger partial charge in [0, 0.05) is 18.1 Å². The van der Waals surface area contributed by atoms with Crippen molar-refractivity contribution < 1.29 is 0 Å². The van der Waals surface area contributed by atoms with Crippen molar-refractivity contribution in [3.05, 3.63) is 0 Å². The highest BCUT2D eigenvalue weighted by Gasteiger charge is 2.22. The van der Waals surface area contributed by atoms with Gasteiger partial charge in [0.15, 0.2) is 0 Å². The van der Waals surface area contributed by atoms with E-state index in [1.807, 2.05) is 0 Å². The molecule has 1 saturated heterocycles. The van der Waals surface area contributed by atoms with Gasteiger partial charge in [-0.05, 0) is 65.5 Å². The van der Waals surface area contributed by atoms with Gasteiger partial charge in [-0.1, -0.05) is 20.3 Å². The summed E-state index contributed by atoms with van der Waals surface area (Å²) in [7, 11) is 0. The van der Waals surface area contributed by atoms with Crippen molar-refractivity contribution in [1.82, 2.24) is 10.2 Å². The van der Waals surface area contributed by atoms with Crippen LogP contribution in [0.15, 0.2) is 0 Å². The van der Waals surface area contributed by atoms with Gasteiger partial charge in [-0.3, -0.25) is 4.90 Å². The topological polar surface area (TPSA) is 15.3 Å². The first-order valence-electron chi connectivity index (χ1n) is 7.91. The van der Waals surface area contributed by atoms with Crippen LogP contribution in [0.25, 0.3) is 0 Å². The number of hydrogen-bond acceptors (Lipinski definition) is 2. The molecule has 1 aliphatic rings. The van der Waals surface area contributed by atoms with Gasteiger partial charge in [0.2, 0.25) is 0 Å². The lowest BCUT2D eigenvalue weighted by molar-refractivity contribution is 0.177. The van der Waals surface area contributed by atoms with Gasteiger partial charge in [0.05, 0.1) is 0 Å². The molecule has 0 radical (unpaired) electrons. The highest BCUT2D eigenvalue weighted by molar-refractivity contribution is 4.80. The normalized spacial score (nSPS) is 24.8. The second-order valence-corrected chi connectivity index (χ2v) is 7.15. The molecule has 0 aliphatic carbocycles. The molecule has 0 bridgehead atoms. The third kappa shape index (κ3) is 6.19. The molecule has 0 spiro atoms. The molecule has 0 saturated carbocycles. The largest absolute Gasteiger partial charge is 0.311 e. The van der Waals surface area contributed by atoms with E-state index in [4.69, 9.17) is 0 Å². The molecule has 108 valence electrons. The van der Waals surface area contributed by atoms with Crippen molar-refractivity contribution in [1.29, 1.82) is 0 Å². The van der Waals surface area contributed by atoms with E-state index in [2.05, 4.69) is 44.8 Å². The number of rotatable bonds is 5. The van der Waals surface area contributed by atoms with Crippen LogP contribution in [-0.2, 0) is 0 Å². The Morgan fingerprint density at radius 1 is 1.22 bits per heavy atom. The zero-order chi connectivity index (χ0) is 13.6. The Kier molecular flexibility index (Phi) is 6.65. The molecular formula is C16H34N2. The van der Waals surface area contributed by atoms with E-state index in [-0.39, 0.29) is 5.54 Å². The van der Waals surface area contributed by atoms with Crippen molar-refractivity contribution in [3.63, 3.8) is 0 Å². The van der Waals surface area contributed by atoms with E-state index in [0.29, 0.717) is 0 Å². The Morgan fingerprint density at radius 3 is 2.56 bits per heavy atom. The minimum absolute atomic E-state index is 0.241. The summed E-state index contributed by atoms with van der Waals surface area (Å²) in [6.45, 7) is 15.3. The summed E-state index contributed by atoms with van der Waals surface area (Å²) in [4.78, 5) is 2.74. The SMILES string of the molecule is CCCC(CNC(C)(C)C)N1CCCC(C)CC1. The number of nitrogens with zero attached hydrogens (tertiary/aromatic N) is 1. The third-order valence-corrected chi connectivity index (χ3v) is 4.06. The standard InChI is InChI=1S/C16H34N2/c1-6-8-15(13-17-16(3,4)5)18-11-7-9-14(2)10-12-18/h14-15,17H,6-13H2,1-5H3. The summed E-state index contributed by atoms with van der Waals surface area (Å²) in [6.07, 6.45) is 6.81. The molecular weight excluding hydrogens is 220 g/mol. The smallest absolute Gasteiger partial charge is 0.0220 e. The first-order chi connectivity index (χ1) is 8.42. The lowest BCUT2D eigenvalue weighted by Gasteiger charge is -2.33. The summed E-state index contributed by atoms with van der Waals surface area (Å²) >= 11 is 0. The number of hydrogen-bond donors (Lipinski definition) is 1. The third-order valence-electron chi connectivity index (χ3n) is 4.06. The molecule has 0 amide bonds. The van der Waals surface area contributed by atoms with Crippen LogP contribution in [0.2, 0.25) is 0 Å². The summed E-state index contributed by atoms with van der Waals surface area (Å²) in [5.41, 5.74) is 0.241. The average molecular weight is 254 g/mol. The minimum atomic E-state index is 0.241. The fraction of sp³-hybridized carbons (Fsp3) is 1.00. The van der Waals surface area contributed by atoms with Gasteiger partial charge in [-0.2, -0.15) is 0 Å². The molecule has 2 nitrogen and oxygen atoms in total. The van der Waals surface area contributed by atoms with E-state index in [9.17, 15) is 0 Å². The average Bonchev–Trinajstić information content (AvgIpc) is 2.48. The van der Waals surface area contributed by atoms with E-state index in [1.54, 1.807) is 0 Å². The molecule has 1 N–H and O–H groups in total. The first kappa shape index (κ1) is 16.0. The molecule has 0 aromatic heterocycles. The summed E-state index contributed by atoms with van der Waals surface area (Å²) in [6, 6.07) is 0.736. The monoisotopic (exact) mass is 254 g/mol. The molecule has 0 aromatic carbocycles. The molecule has 1 rings (SSSR count). The molecule has 1 fully saturated rings. The lowest BCUT2D eigenvalue weighted by atomic mass is 10.0.